The second kappa shape index (κ2) is 6.54. The average Bonchev–Trinajstić information content (AvgIpc) is 2.80. The minimum absolute atomic E-state index is 0.267. The maximum absolute atomic E-state index is 5.74. The fourth-order valence-corrected chi connectivity index (χ4v) is 2.30. The molecule has 3 N–H and O–H groups in total. The highest BCUT2D eigenvalue weighted by molar-refractivity contribution is 7.15. The Labute approximate surface area is 117 Å². The summed E-state index contributed by atoms with van der Waals surface area (Å²) in [5.74, 6) is 0.913. The number of nitrogens with zero attached hydrogens (tertiary/aromatic N) is 1. The van der Waals surface area contributed by atoms with Gasteiger partial charge in [-0.15, -0.1) is 11.3 Å². The summed E-state index contributed by atoms with van der Waals surface area (Å²) in [5, 5.41) is 4.00. The zero-order valence-corrected chi connectivity index (χ0v) is 12.0. The molecule has 19 heavy (non-hydrogen) atoms. The van der Waals surface area contributed by atoms with Crippen LogP contribution in [0.4, 0.5) is 5.13 Å². The number of aryl methyl sites for hydroxylation is 1. The van der Waals surface area contributed by atoms with Gasteiger partial charge in [-0.25, -0.2) is 4.98 Å². The van der Waals surface area contributed by atoms with Gasteiger partial charge in [0.15, 0.2) is 5.13 Å². The Kier molecular flexibility index (Phi) is 4.76. The van der Waals surface area contributed by atoms with Crippen molar-refractivity contribution in [2.75, 3.05) is 12.3 Å². The third kappa shape index (κ3) is 4.54. The fraction of sp³-hybridized carbons (Fsp3) is 0.357. The Morgan fingerprint density at radius 3 is 3.00 bits per heavy atom. The van der Waals surface area contributed by atoms with Crippen molar-refractivity contribution in [3.63, 3.8) is 0 Å². The molecule has 0 radical (unpaired) electrons. The Balaban J connectivity index is 1.74. The number of hydrogen-bond acceptors (Lipinski definition) is 5. The molecule has 5 heteroatoms. The molecule has 0 spiro atoms. The molecule has 102 valence electrons. The molecule has 0 amide bonds. The molecule has 0 saturated heterocycles. The first-order valence-corrected chi connectivity index (χ1v) is 7.08. The molecule has 1 aromatic carbocycles. The molecule has 0 saturated carbocycles. The highest BCUT2D eigenvalue weighted by atomic mass is 32.1. The number of anilines is 1. The van der Waals surface area contributed by atoms with Crippen LogP contribution in [0.1, 0.15) is 17.4 Å². The number of aromatic nitrogens is 1. The number of nitrogens with one attached hydrogen (secondary N) is 1. The molecule has 1 atom stereocenters. The number of rotatable bonds is 6. The summed E-state index contributed by atoms with van der Waals surface area (Å²) in [4.78, 5) is 5.16. The Bertz CT molecular complexity index is 527. The van der Waals surface area contributed by atoms with E-state index in [2.05, 4.69) is 30.2 Å². The summed E-state index contributed by atoms with van der Waals surface area (Å²) in [5.41, 5.74) is 6.80. The van der Waals surface area contributed by atoms with Gasteiger partial charge in [0, 0.05) is 23.7 Å². The third-order valence-corrected chi connectivity index (χ3v) is 3.51. The molecule has 0 aliphatic carbocycles. The van der Waals surface area contributed by atoms with Crippen LogP contribution in [0.2, 0.25) is 0 Å². The van der Waals surface area contributed by atoms with Gasteiger partial charge in [0.05, 0.1) is 0 Å². The van der Waals surface area contributed by atoms with Gasteiger partial charge in [-0.05, 0) is 31.5 Å². The summed E-state index contributed by atoms with van der Waals surface area (Å²) in [6.45, 7) is 5.56. The van der Waals surface area contributed by atoms with Crippen molar-refractivity contribution in [3.05, 3.63) is 40.9 Å². The summed E-state index contributed by atoms with van der Waals surface area (Å²) < 4.78 is 5.74. The Morgan fingerprint density at radius 2 is 2.32 bits per heavy atom. The highest BCUT2D eigenvalue weighted by Gasteiger charge is 2.05. The normalized spacial score (nSPS) is 12.3. The van der Waals surface area contributed by atoms with Crippen molar-refractivity contribution in [3.8, 4) is 5.75 Å². The van der Waals surface area contributed by atoms with Gasteiger partial charge >= 0.3 is 0 Å². The lowest BCUT2D eigenvalue weighted by Gasteiger charge is -2.14. The maximum atomic E-state index is 5.74. The first-order valence-electron chi connectivity index (χ1n) is 6.26. The summed E-state index contributed by atoms with van der Waals surface area (Å²) >= 11 is 1.51. The Hall–Kier alpha value is -1.59. The highest BCUT2D eigenvalue weighted by Crippen LogP contribution is 2.14. The van der Waals surface area contributed by atoms with Crippen LogP contribution in [0.15, 0.2) is 30.5 Å². The van der Waals surface area contributed by atoms with E-state index < -0.39 is 0 Å². The van der Waals surface area contributed by atoms with E-state index in [-0.39, 0.29) is 6.04 Å². The molecule has 0 bridgehead atoms. The predicted octanol–water partition coefficient (Wildman–Crippen LogP) is 2.59. The number of benzene rings is 1. The average molecular weight is 277 g/mol. The van der Waals surface area contributed by atoms with Crippen LogP contribution in [-0.4, -0.2) is 17.6 Å². The smallest absolute Gasteiger partial charge is 0.180 e. The molecular formula is C14H19N3OS. The standard InChI is InChI=1S/C14H19N3OS/c1-10-4-3-5-12(6-10)18-9-11(2)16-7-13-8-17-14(15)19-13/h3-6,8,11,16H,7,9H2,1-2H3,(H2,15,17). The third-order valence-electron chi connectivity index (χ3n) is 2.69. The number of nitrogens with two attached hydrogens (primary N) is 1. The van der Waals surface area contributed by atoms with Crippen molar-refractivity contribution in [1.82, 2.24) is 10.3 Å². The first kappa shape index (κ1) is 13.8. The zero-order valence-electron chi connectivity index (χ0n) is 11.2. The summed E-state index contributed by atoms with van der Waals surface area (Å²) in [7, 11) is 0. The van der Waals surface area contributed by atoms with E-state index in [1.807, 2.05) is 18.2 Å². The van der Waals surface area contributed by atoms with E-state index in [0.717, 1.165) is 17.2 Å². The minimum atomic E-state index is 0.267. The lowest BCUT2D eigenvalue weighted by Crippen LogP contribution is -2.31. The first-order chi connectivity index (χ1) is 9.13. The van der Waals surface area contributed by atoms with E-state index in [0.29, 0.717) is 11.7 Å². The van der Waals surface area contributed by atoms with Crippen LogP contribution < -0.4 is 15.8 Å². The van der Waals surface area contributed by atoms with Crippen molar-refractivity contribution in [1.29, 1.82) is 0 Å². The second-order valence-electron chi connectivity index (χ2n) is 4.57. The number of ether oxygens (including phenoxy) is 1. The van der Waals surface area contributed by atoms with Gasteiger partial charge in [0.1, 0.15) is 12.4 Å². The van der Waals surface area contributed by atoms with Crippen molar-refractivity contribution < 1.29 is 4.74 Å². The molecule has 2 rings (SSSR count). The lowest BCUT2D eigenvalue weighted by atomic mass is 10.2. The van der Waals surface area contributed by atoms with Gasteiger partial charge in [-0.3, -0.25) is 0 Å². The quantitative estimate of drug-likeness (QED) is 0.852. The van der Waals surface area contributed by atoms with Crippen molar-refractivity contribution >= 4 is 16.5 Å². The number of thiazole rings is 1. The maximum Gasteiger partial charge on any atom is 0.180 e. The number of nitrogen functional groups attached to an aromatic ring is 1. The topological polar surface area (TPSA) is 60.2 Å². The molecule has 1 aromatic heterocycles. The molecule has 0 aliphatic heterocycles. The monoisotopic (exact) mass is 277 g/mol. The molecular weight excluding hydrogens is 258 g/mol. The van der Waals surface area contributed by atoms with E-state index in [1.165, 1.54) is 16.9 Å². The van der Waals surface area contributed by atoms with Gasteiger partial charge < -0.3 is 15.8 Å². The second-order valence-corrected chi connectivity index (χ2v) is 5.72. The van der Waals surface area contributed by atoms with Crippen LogP contribution in [-0.2, 0) is 6.54 Å². The van der Waals surface area contributed by atoms with Crippen LogP contribution in [0.5, 0.6) is 5.75 Å². The molecule has 0 aliphatic rings. The molecule has 1 heterocycles. The van der Waals surface area contributed by atoms with Crippen LogP contribution in [0.3, 0.4) is 0 Å². The lowest BCUT2D eigenvalue weighted by molar-refractivity contribution is 0.272. The van der Waals surface area contributed by atoms with Crippen molar-refractivity contribution in [2.45, 2.75) is 26.4 Å². The molecule has 2 aromatic rings. The van der Waals surface area contributed by atoms with E-state index in [4.69, 9.17) is 10.5 Å². The van der Waals surface area contributed by atoms with E-state index in [1.54, 1.807) is 6.20 Å². The van der Waals surface area contributed by atoms with E-state index in [9.17, 15) is 0 Å². The fourth-order valence-electron chi connectivity index (χ4n) is 1.66. The Morgan fingerprint density at radius 1 is 1.47 bits per heavy atom. The van der Waals surface area contributed by atoms with E-state index >= 15 is 0 Å². The molecule has 0 fully saturated rings. The minimum Gasteiger partial charge on any atom is -0.492 e. The SMILES string of the molecule is Cc1cccc(OCC(C)NCc2cnc(N)s2)c1. The summed E-state index contributed by atoms with van der Waals surface area (Å²) in [6.07, 6.45) is 1.81. The molecule has 4 nitrogen and oxygen atoms in total. The largest absolute Gasteiger partial charge is 0.492 e. The molecule has 1 unspecified atom stereocenters. The van der Waals surface area contributed by atoms with Gasteiger partial charge in [-0.2, -0.15) is 0 Å². The van der Waals surface area contributed by atoms with Crippen LogP contribution in [0.25, 0.3) is 0 Å². The van der Waals surface area contributed by atoms with Gasteiger partial charge in [0.2, 0.25) is 0 Å². The van der Waals surface area contributed by atoms with Crippen LogP contribution >= 0.6 is 11.3 Å². The van der Waals surface area contributed by atoms with Crippen LogP contribution in [0, 0.1) is 6.92 Å². The van der Waals surface area contributed by atoms with Gasteiger partial charge in [0.25, 0.3) is 0 Å². The summed E-state index contributed by atoms with van der Waals surface area (Å²) in [6, 6.07) is 8.34. The zero-order chi connectivity index (χ0) is 13.7. The van der Waals surface area contributed by atoms with Crippen molar-refractivity contribution in [2.24, 2.45) is 0 Å². The predicted molar refractivity (Wildman–Crippen MR) is 79.5 cm³/mol. The number of hydrogen-bond donors (Lipinski definition) is 2. The van der Waals surface area contributed by atoms with Gasteiger partial charge in [-0.1, -0.05) is 12.1 Å².